The average molecular weight is 339 g/mol. The zero-order valence-corrected chi connectivity index (χ0v) is 13.4. The molecule has 8 nitrogen and oxygen atoms in total. The van der Waals surface area contributed by atoms with Gasteiger partial charge in [-0.05, 0) is 30.3 Å². The van der Waals surface area contributed by atoms with Crippen molar-refractivity contribution >= 4 is 22.8 Å². The van der Waals surface area contributed by atoms with Crippen molar-refractivity contribution in [3.63, 3.8) is 0 Å². The van der Waals surface area contributed by atoms with Crippen molar-refractivity contribution in [2.24, 2.45) is 0 Å². The molecule has 0 unspecified atom stereocenters. The Bertz CT molecular complexity index is 977. The topological polar surface area (TPSA) is 105 Å². The standard InChI is InChI=1S/C17H17N5O3/c23-15(11-3-4-12-14(10-11)20-17(25)19-12)21-6-8-22(9-7-21)16(24)13-2-1-5-18-13/h1-5,10,18H,6-9H2,(H2,19,20,25). The first-order valence-corrected chi connectivity index (χ1v) is 8.06. The van der Waals surface area contributed by atoms with Crippen molar-refractivity contribution in [1.29, 1.82) is 0 Å². The summed E-state index contributed by atoms with van der Waals surface area (Å²) >= 11 is 0. The number of H-pyrrole nitrogens is 3. The predicted octanol–water partition coefficient (Wildman–Crippen LogP) is 0.782. The number of rotatable bonds is 2. The van der Waals surface area contributed by atoms with E-state index in [-0.39, 0.29) is 17.5 Å². The second-order valence-corrected chi connectivity index (χ2v) is 6.01. The number of hydrogen-bond acceptors (Lipinski definition) is 3. The van der Waals surface area contributed by atoms with Gasteiger partial charge in [-0.15, -0.1) is 0 Å². The summed E-state index contributed by atoms with van der Waals surface area (Å²) in [5, 5.41) is 0. The van der Waals surface area contributed by atoms with Gasteiger partial charge in [0, 0.05) is 37.9 Å². The van der Waals surface area contributed by atoms with Gasteiger partial charge >= 0.3 is 5.69 Å². The molecular formula is C17H17N5O3. The van der Waals surface area contributed by atoms with E-state index in [1.165, 1.54) is 0 Å². The lowest BCUT2D eigenvalue weighted by Gasteiger charge is -2.34. The van der Waals surface area contributed by atoms with Crippen LogP contribution in [0.15, 0.2) is 41.3 Å². The number of carbonyl (C=O) groups is 2. The van der Waals surface area contributed by atoms with E-state index in [0.29, 0.717) is 48.5 Å². The van der Waals surface area contributed by atoms with Crippen LogP contribution in [0.3, 0.4) is 0 Å². The molecular weight excluding hydrogens is 322 g/mol. The van der Waals surface area contributed by atoms with Crippen LogP contribution in [0.1, 0.15) is 20.8 Å². The van der Waals surface area contributed by atoms with Crippen LogP contribution < -0.4 is 5.69 Å². The molecule has 1 aromatic carbocycles. The first-order valence-electron chi connectivity index (χ1n) is 8.06. The summed E-state index contributed by atoms with van der Waals surface area (Å²) in [6.07, 6.45) is 1.72. The van der Waals surface area contributed by atoms with Crippen LogP contribution in [0.5, 0.6) is 0 Å². The number of benzene rings is 1. The molecule has 3 aromatic rings. The Morgan fingerprint density at radius 1 is 0.880 bits per heavy atom. The molecule has 0 saturated carbocycles. The highest BCUT2D eigenvalue weighted by Gasteiger charge is 2.26. The molecule has 1 aliphatic rings. The number of hydrogen-bond donors (Lipinski definition) is 3. The maximum absolute atomic E-state index is 12.7. The van der Waals surface area contributed by atoms with Gasteiger partial charge in [0.2, 0.25) is 0 Å². The van der Waals surface area contributed by atoms with E-state index in [1.54, 1.807) is 46.3 Å². The van der Waals surface area contributed by atoms with E-state index >= 15 is 0 Å². The summed E-state index contributed by atoms with van der Waals surface area (Å²) in [5.74, 6) is -0.153. The fraction of sp³-hybridized carbons (Fsp3) is 0.235. The molecule has 1 saturated heterocycles. The van der Waals surface area contributed by atoms with Gasteiger partial charge in [0.05, 0.1) is 11.0 Å². The Hall–Kier alpha value is -3.29. The third kappa shape index (κ3) is 2.82. The van der Waals surface area contributed by atoms with Crippen molar-refractivity contribution < 1.29 is 9.59 Å². The third-order valence-electron chi connectivity index (χ3n) is 4.45. The van der Waals surface area contributed by atoms with Crippen molar-refractivity contribution in [2.75, 3.05) is 26.2 Å². The van der Waals surface area contributed by atoms with Gasteiger partial charge in [0.15, 0.2) is 0 Å². The highest BCUT2D eigenvalue weighted by atomic mass is 16.2. The number of nitrogens with zero attached hydrogens (tertiary/aromatic N) is 2. The number of aromatic amines is 3. The van der Waals surface area contributed by atoms with Crippen LogP contribution in [-0.2, 0) is 0 Å². The number of imidazole rings is 1. The summed E-state index contributed by atoms with van der Waals surface area (Å²) in [7, 11) is 0. The lowest BCUT2D eigenvalue weighted by molar-refractivity contribution is 0.0533. The molecule has 0 bridgehead atoms. The number of aromatic nitrogens is 3. The van der Waals surface area contributed by atoms with Crippen molar-refractivity contribution in [3.05, 3.63) is 58.3 Å². The predicted molar refractivity (Wildman–Crippen MR) is 91.5 cm³/mol. The fourth-order valence-corrected chi connectivity index (χ4v) is 3.09. The molecule has 3 N–H and O–H groups in total. The van der Waals surface area contributed by atoms with E-state index in [2.05, 4.69) is 15.0 Å². The Kier molecular flexibility index (Phi) is 3.64. The summed E-state index contributed by atoms with van der Waals surface area (Å²) in [6.45, 7) is 1.94. The van der Waals surface area contributed by atoms with Crippen LogP contribution in [0, 0.1) is 0 Å². The van der Waals surface area contributed by atoms with Crippen LogP contribution in [-0.4, -0.2) is 62.7 Å². The lowest BCUT2D eigenvalue weighted by Crippen LogP contribution is -2.50. The first kappa shape index (κ1) is 15.3. The number of piperazine rings is 1. The molecule has 0 aliphatic carbocycles. The van der Waals surface area contributed by atoms with Gasteiger partial charge in [-0.25, -0.2) is 4.79 Å². The van der Waals surface area contributed by atoms with Crippen LogP contribution >= 0.6 is 0 Å². The number of amides is 2. The minimum absolute atomic E-state index is 0.0524. The Balaban J connectivity index is 1.45. The summed E-state index contributed by atoms with van der Waals surface area (Å²) in [4.78, 5) is 48.0. The lowest BCUT2D eigenvalue weighted by atomic mass is 10.1. The van der Waals surface area contributed by atoms with Crippen molar-refractivity contribution in [3.8, 4) is 0 Å². The molecule has 2 aromatic heterocycles. The fourth-order valence-electron chi connectivity index (χ4n) is 3.09. The molecule has 128 valence electrons. The van der Waals surface area contributed by atoms with E-state index in [9.17, 15) is 14.4 Å². The van der Waals surface area contributed by atoms with E-state index in [1.807, 2.05) is 0 Å². The van der Waals surface area contributed by atoms with Gasteiger partial charge in [-0.2, -0.15) is 0 Å². The Morgan fingerprint density at radius 3 is 2.24 bits per heavy atom. The van der Waals surface area contributed by atoms with Gasteiger partial charge in [-0.3, -0.25) is 9.59 Å². The van der Waals surface area contributed by atoms with Gasteiger partial charge in [0.1, 0.15) is 5.69 Å². The molecule has 0 spiro atoms. The average Bonchev–Trinajstić information content (AvgIpc) is 3.28. The van der Waals surface area contributed by atoms with E-state index in [0.717, 1.165) is 0 Å². The Labute approximate surface area is 142 Å². The van der Waals surface area contributed by atoms with Gasteiger partial charge in [-0.1, -0.05) is 0 Å². The third-order valence-corrected chi connectivity index (χ3v) is 4.45. The molecule has 0 atom stereocenters. The molecule has 2 amide bonds. The molecule has 4 rings (SSSR count). The zero-order valence-electron chi connectivity index (χ0n) is 13.4. The number of nitrogens with one attached hydrogen (secondary N) is 3. The van der Waals surface area contributed by atoms with Crippen molar-refractivity contribution in [2.45, 2.75) is 0 Å². The second-order valence-electron chi connectivity index (χ2n) is 6.01. The van der Waals surface area contributed by atoms with Crippen molar-refractivity contribution in [1.82, 2.24) is 24.8 Å². The van der Waals surface area contributed by atoms with Crippen LogP contribution in [0.4, 0.5) is 0 Å². The molecule has 1 aliphatic heterocycles. The smallest absolute Gasteiger partial charge is 0.323 e. The molecule has 1 fully saturated rings. The molecule has 8 heteroatoms. The minimum Gasteiger partial charge on any atom is -0.357 e. The van der Waals surface area contributed by atoms with Crippen LogP contribution in [0.25, 0.3) is 11.0 Å². The van der Waals surface area contributed by atoms with Gasteiger partial charge in [0.25, 0.3) is 11.8 Å². The minimum atomic E-state index is -0.295. The monoisotopic (exact) mass is 339 g/mol. The normalized spacial score (nSPS) is 14.9. The SMILES string of the molecule is O=C(c1ccc2[nH]c(=O)[nH]c2c1)N1CCN(C(=O)c2ccc[nH]2)CC1. The summed E-state index contributed by atoms with van der Waals surface area (Å²) in [5.41, 5.74) is 2.06. The first-order chi connectivity index (χ1) is 12.1. The summed E-state index contributed by atoms with van der Waals surface area (Å²) in [6, 6.07) is 8.61. The maximum atomic E-state index is 12.7. The molecule has 25 heavy (non-hydrogen) atoms. The Morgan fingerprint density at radius 2 is 1.56 bits per heavy atom. The van der Waals surface area contributed by atoms with E-state index in [4.69, 9.17) is 0 Å². The van der Waals surface area contributed by atoms with Gasteiger partial charge < -0.3 is 24.8 Å². The summed E-state index contributed by atoms with van der Waals surface area (Å²) < 4.78 is 0. The zero-order chi connectivity index (χ0) is 17.4. The van der Waals surface area contributed by atoms with Crippen LogP contribution in [0.2, 0.25) is 0 Å². The highest BCUT2D eigenvalue weighted by Crippen LogP contribution is 2.14. The van der Waals surface area contributed by atoms with E-state index < -0.39 is 0 Å². The maximum Gasteiger partial charge on any atom is 0.323 e. The number of carbonyl (C=O) groups excluding carboxylic acids is 2. The molecule has 3 heterocycles. The highest BCUT2D eigenvalue weighted by molar-refractivity contribution is 5.97. The quantitative estimate of drug-likeness (QED) is 0.642. The largest absolute Gasteiger partial charge is 0.357 e. The number of fused-ring (bicyclic) bond motifs is 1. The molecule has 0 radical (unpaired) electrons. The second kappa shape index (κ2) is 5.97.